The Kier molecular flexibility index (Phi) is 6.47. The van der Waals surface area contributed by atoms with Gasteiger partial charge in [-0.05, 0) is 31.5 Å². The van der Waals surface area contributed by atoms with E-state index in [4.69, 9.17) is 4.74 Å². The van der Waals surface area contributed by atoms with E-state index in [2.05, 4.69) is 21.7 Å². The highest BCUT2D eigenvalue weighted by molar-refractivity contribution is 7.99. The summed E-state index contributed by atoms with van der Waals surface area (Å²) in [6.07, 6.45) is 0. The lowest BCUT2D eigenvalue weighted by Gasteiger charge is -2.25. The van der Waals surface area contributed by atoms with Gasteiger partial charge in [-0.25, -0.2) is 4.98 Å². The van der Waals surface area contributed by atoms with Crippen molar-refractivity contribution in [3.05, 3.63) is 64.3 Å². The summed E-state index contributed by atoms with van der Waals surface area (Å²) in [5.74, 6) is 1.78. The minimum atomic E-state index is -0.177. The highest BCUT2D eigenvalue weighted by Gasteiger charge is 2.33. The largest absolute Gasteiger partial charge is 0.490 e. The number of aryl methyl sites for hydroxylation is 2. The van der Waals surface area contributed by atoms with Gasteiger partial charge in [-0.15, -0.1) is 23.1 Å². The average Bonchev–Trinajstić information content (AvgIpc) is 3.48. The Morgan fingerprint density at radius 1 is 1.24 bits per heavy atom. The summed E-state index contributed by atoms with van der Waals surface area (Å²) in [7, 11) is 0. The third-order valence-electron chi connectivity index (χ3n) is 5.89. The lowest BCUT2D eigenvalue weighted by molar-refractivity contribution is 0.0732. The molecule has 3 aromatic rings. The molecule has 0 spiro atoms. The third-order valence-corrected chi connectivity index (χ3v) is 7.99. The van der Waals surface area contributed by atoms with E-state index in [1.54, 1.807) is 17.8 Å². The number of amides is 2. The molecular weight excluding hydrogens is 468 g/mol. The van der Waals surface area contributed by atoms with Gasteiger partial charge in [0.2, 0.25) is 0 Å². The van der Waals surface area contributed by atoms with Crippen LogP contribution in [-0.4, -0.2) is 59.1 Å². The maximum atomic E-state index is 13.6. The number of hydrogen-bond donors (Lipinski definition) is 2. The molecule has 2 aliphatic rings. The van der Waals surface area contributed by atoms with Gasteiger partial charge < -0.3 is 20.3 Å². The smallest absolute Gasteiger partial charge is 0.275 e. The van der Waals surface area contributed by atoms with Crippen LogP contribution in [0.1, 0.15) is 31.4 Å². The summed E-state index contributed by atoms with van der Waals surface area (Å²) in [6.45, 7) is 5.59. The number of fused-ring (bicyclic) bond motifs is 1. The standard InChI is InChI=1S/C25H26N4O3S2/c1-15-5-3-6-17(11-15)23-22(28-16(2)34-23)25(31)29-14-33-13-18(29)12-27-24(30)19-7-4-8-20-21(19)26-9-10-32-20/h3-8,11,18,26H,9-10,12-14H2,1-2H3,(H,27,30)/t18-/m1/s1. The van der Waals surface area contributed by atoms with Crippen LogP contribution in [0.5, 0.6) is 5.75 Å². The van der Waals surface area contributed by atoms with Crippen molar-refractivity contribution in [2.24, 2.45) is 0 Å². The van der Waals surface area contributed by atoms with Crippen LogP contribution < -0.4 is 15.4 Å². The van der Waals surface area contributed by atoms with E-state index in [0.717, 1.165) is 32.5 Å². The second-order valence-electron chi connectivity index (χ2n) is 8.37. The van der Waals surface area contributed by atoms with Gasteiger partial charge >= 0.3 is 0 Å². The molecule has 1 saturated heterocycles. The summed E-state index contributed by atoms with van der Waals surface area (Å²) >= 11 is 3.23. The van der Waals surface area contributed by atoms with Crippen LogP contribution in [0.2, 0.25) is 0 Å². The Bertz CT molecular complexity index is 1240. The maximum Gasteiger partial charge on any atom is 0.275 e. The highest BCUT2D eigenvalue weighted by Crippen LogP contribution is 2.34. The van der Waals surface area contributed by atoms with E-state index >= 15 is 0 Å². The van der Waals surface area contributed by atoms with Crippen LogP contribution >= 0.6 is 23.1 Å². The van der Waals surface area contributed by atoms with E-state index in [-0.39, 0.29) is 17.9 Å². The number of thiazole rings is 1. The number of hydrogen-bond acceptors (Lipinski definition) is 7. The first-order valence-electron chi connectivity index (χ1n) is 11.2. The SMILES string of the molecule is Cc1cccc(-c2sc(C)nc2C(=O)N2CSC[C@H]2CNC(=O)c2cccc3c2NCCO3)c1. The number of benzene rings is 2. The van der Waals surface area contributed by atoms with Crippen molar-refractivity contribution in [3.8, 4) is 16.2 Å². The molecule has 5 rings (SSSR count). The second-order valence-corrected chi connectivity index (χ2v) is 10.6. The van der Waals surface area contributed by atoms with Gasteiger partial charge in [0.1, 0.15) is 18.1 Å². The molecule has 0 unspecified atom stereocenters. The van der Waals surface area contributed by atoms with Crippen molar-refractivity contribution in [2.45, 2.75) is 19.9 Å². The van der Waals surface area contributed by atoms with E-state index in [0.29, 0.717) is 42.6 Å². The fraction of sp³-hybridized carbons (Fsp3) is 0.320. The lowest BCUT2D eigenvalue weighted by Crippen LogP contribution is -2.44. The number of thioether (sulfide) groups is 1. The zero-order valence-electron chi connectivity index (χ0n) is 19.1. The Balaban J connectivity index is 1.32. The molecule has 0 saturated carbocycles. The van der Waals surface area contributed by atoms with E-state index in [1.165, 1.54) is 11.3 Å². The summed E-state index contributed by atoms with van der Waals surface area (Å²) in [5.41, 5.74) is 3.92. The fourth-order valence-electron chi connectivity index (χ4n) is 4.23. The number of carbonyl (C=O) groups is 2. The van der Waals surface area contributed by atoms with Crippen LogP contribution in [-0.2, 0) is 0 Å². The molecule has 34 heavy (non-hydrogen) atoms. The molecule has 0 bridgehead atoms. The summed E-state index contributed by atoms with van der Waals surface area (Å²) < 4.78 is 5.64. The zero-order chi connectivity index (χ0) is 23.7. The first-order chi connectivity index (χ1) is 16.5. The van der Waals surface area contributed by atoms with E-state index in [9.17, 15) is 9.59 Å². The van der Waals surface area contributed by atoms with Crippen molar-refractivity contribution in [1.82, 2.24) is 15.2 Å². The van der Waals surface area contributed by atoms with Gasteiger partial charge in [-0.2, -0.15) is 0 Å². The topological polar surface area (TPSA) is 83.6 Å². The van der Waals surface area contributed by atoms with E-state index in [1.807, 2.05) is 49.1 Å². The Labute approximate surface area is 206 Å². The monoisotopic (exact) mass is 494 g/mol. The highest BCUT2D eigenvalue weighted by atomic mass is 32.2. The normalized spacial score (nSPS) is 17.0. The minimum Gasteiger partial charge on any atom is -0.490 e. The number of rotatable bonds is 5. The molecule has 2 aromatic carbocycles. The minimum absolute atomic E-state index is 0.0859. The van der Waals surface area contributed by atoms with Crippen molar-refractivity contribution < 1.29 is 14.3 Å². The molecule has 9 heteroatoms. The van der Waals surface area contributed by atoms with Crippen LogP contribution in [0.3, 0.4) is 0 Å². The van der Waals surface area contributed by atoms with Gasteiger partial charge in [0, 0.05) is 18.8 Å². The molecular formula is C25H26N4O3S2. The van der Waals surface area contributed by atoms with Gasteiger partial charge in [0.15, 0.2) is 0 Å². The molecule has 0 aliphatic carbocycles. The quantitative estimate of drug-likeness (QED) is 0.554. The first kappa shape index (κ1) is 22.7. The third kappa shape index (κ3) is 4.50. The second kappa shape index (κ2) is 9.68. The van der Waals surface area contributed by atoms with Crippen molar-refractivity contribution >= 4 is 40.6 Å². The number of nitrogens with zero attached hydrogens (tertiary/aromatic N) is 2. The van der Waals surface area contributed by atoms with Gasteiger partial charge in [-0.1, -0.05) is 35.9 Å². The predicted octanol–water partition coefficient (Wildman–Crippen LogP) is 4.18. The number of aromatic nitrogens is 1. The Hall–Kier alpha value is -3.04. The molecule has 176 valence electrons. The Morgan fingerprint density at radius 2 is 2.09 bits per heavy atom. The fourth-order valence-corrected chi connectivity index (χ4v) is 6.34. The lowest BCUT2D eigenvalue weighted by atomic mass is 10.1. The number of anilines is 1. The van der Waals surface area contributed by atoms with Crippen molar-refractivity contribution in [2.75, 3.05) is 36.6 Å². The number of nitrogens with one attached hydrogen (secondary N) is 2. The maximum absolute atomic E-state index is 13.6. The summed E-state index contributed by atoms with van der Waals surface area (Å²) in [4.78, 5) is 33.9. The molecule has 1 aromatic heterocycles. The number of carbonyl (C=O) groups excluding carboxylic acids is 2. The van der Waals surface area contributed by atoms with Crippen LogP contribution in [0.15, 0.2) is 42.5 Å². The molecule has 1 atom stereocenters. The summed E-state index contributed by atoms with van der Waals surface area (Å²) in [6, 6.07) is 13.5. The van der Waals surface area contributed by atoms with Gasteiger partial charge in [0.05, 0.1) is 33.1 Å². The van der Waals surface area contributed by atoms with Crippen molar-refractivity contribution in [3.63, 3.8) is 0 Å². The number of para-hydroxylation sites is 1. The molecule has 1 fully saturated rings. The van der Waals surface area contributed by atoms with Crippen LogP contribution in [0.4, 0.5) is 5.69 Å². The van der Waals surface area contributed by atoms with Gasteiger partial charge in [0.25, 0.3) is 11.8 Å². The molecule has 2 aliphatic heterocycles. The van der Waals surface area contributed by atoms with Crippen LogP contribution in [0, 0.1) is 13.8 Å². The zero-order valence-corrected chi connectivity index (χ0v) is 20.7. The number of ether oxygens (including phenoxy) is 1. The van der Waals surface area contributed by atoms with E-state index < -0.39 is 0 Å². The molecule has 3 heterocycles. The summed E-state index contributed by atoms with van der Waals surface area (Å²) in [5, 5.41) is 7.14. The molecule has 0 radical (unpaired) electrons. The van der Waals surface area contributed by atoms with Crippen molar-refractivity contribution in [1.29, 1.82) is 0 Å². The first-order valence-corrected chi connectivity index (χ1v) is 13.2. The molecule has 2 N–H and O–H groups in total. The molecule has 7 nitrogen and oxygen atoms in total. The Morgan fingerprint density at radius 3 is 2.94 bits per heavy atom. The van der Waals surface area contributed by atoms with Crippen LogP contribution in [0.25, 0.3) is 10.4 Å². The molecule has 2 amide bonds. The average molecular weight is 495 g/mol. The predicted molar refractivity (Wildman–Crippen MR) is 137 cm³/mol. The van der Waals surface area contributed by atoms with Gasteiger partial charge in [-0.3, -0.25) is 9.59 Å².